The summed E-state index contributed by atoms with van der Waals surface area (Å²) in [5, 5.41) is 16.9. The number of hydrogen-bond acceptors (Lipinski definition) is 10. The van der Waals surface area contributed by atoms with E-state index in [4.69, 9.17) is 23.7 Å². The maximum atomic E-state index is 12.8. The van der Waals surface area contributed by atoms with Crippen LogP contribution in [0.5, 0.6) is 5.75 Å². The SMILES string of the molecule is C=CC(=O)OCCOc1ccc(C/C(C)=C2/C=CC(OCC3(C(=C)C(=O)[O-])OC(=O)Nc4cccc(c4C)NC(=O)O3)=CC2)cc1. The van der Waals surface area contributed by atoms with Crippen LogP contribution in [-0.2, 0) is 35.0 Å². The van der Waals surface area contributed by atoms with Gasteiger partial charge in [0.15, 0.2) is 6.61 Å². The molecule has 1 aliphatic heterocycles. The molecule has 2 bridgehead atoms. The van der Waals surface area contributed by atoms with Crippen molar-refractivity contribution >= 4 is 35.5 Å². The number of amides is 2. The molecular formula is C34H33N2O10-. The molecule has 0 fully saturated rings. The number of anilines is 2. The molecular weight excluding hydrogens is 596 g/mol. The van der Waals surface area contributed by atoms with Crippen LogP contribution >= 0.6 is 0 Å². The van der Waals surface area contributed by atoms with Gasteiger partial charge in [-0.2, -0.15) is 0 Å². The summed E-state index contributed by atoms with van der Waals surface area (Å²) in [5.74, 6) is -3.89. The van der Waals surface area contributed by atoms with Gasteiger partial charge in [0.25, 0.3) is 0 Å². The molecule has 46 heavy (non-hydrogen) atoms. The monoisotopic (exact) mass is 629 g/mol. The number of carbonyl (C=O) groups is 4. The lowest BCUT2D eigenvalue weighted by Gasteiger charge is -2.35. The molecule has 0 spiro atoms. The van der Waals surface area contributed by atoms with E-state index < -0.39 is 42.1 Å². The third-order valence-electron chi connectivity index (χ3n) is 7.13. The molecule has 12 nitrogen and oxygen atoms in total. The van der Waals surface area contributed by atoms with Crippen LogP contribution in [0.2, 0.25) is 0 Å². The molecule has 0 saturated carbocycles. The fourth-order valence-corrected chi connectivity index (χ4v) is 4.54. The van der Waals surface area contributed by atoms with E-state index in [2.05, 4.69) is 23.8 Å². The van der Waals surface area contributed by atoms with Crippen LogP contribution in [0, 0.1) is 6.92 Å². The normalized spacial score (nSPS) is 16.3. The smallest absolute Gasteiger partial charge is 0.415 e. The molecule has 1 aliphatic carbocycles. The van der Waals surface area contributed by atoms with Crippen LogP contribution in [0.25, 0.3) is 0 Å². The van der Waals surface area contributed by atoms with E-state index >= 15 is 0 Å². The molecule has 0 aromatic heterocycles. The Bertz CT molecular complexity index is 1600. The van der Waals surface area contributed by atoms with Crippen molar-refractivity contribution in [2.45, 2.75) is 32.5 Å². The van der Waals surface area contributed by atoms with Gasteiger partial charge in [0.05, 0.1) is 11.5 Å². The largest absolute Gasteiger partial charge is 0.545 e. The van der Waals surface area contributed by atoms with E-state index in [9.17, 15) is 24.3 Å². The Labute approximate surface area is 265 Å². The summed E-state index contributed by atoms with van der Waals surface area (Å²) in [6.07, 6.45) is 5.36. The average Bonchev–Trinajstić information content (AvgIpc) is 3.03. The number of carbonyl (C=O) groups excluding carboxylic acids is 4. The Morgan fingerprint density at radius 2 is 1.65 bits per heavy atom. The van der Waals surface area contributed by atoms with Gasteiger partial charge in [-0.1, -0.05) is 43.0 Å². The van der Waals surface area contributed by atoms with Gasteiger partial charge in [0, 0.05) is 17.5 Å². The number of rotatable bonds is 12. The molecule has 4 rings (SSSR count). The van der Waals surface area contributed by atoms with Crippen molar-refractivity contribution in [3.8, 4) is 5.75 Å². The van der Waals surface area contributed by atoms with Gasteiger partial charge < -0.3 is 33.6 Å². The summed E-state index contributed by atoms with van der Waals surface area (Å²) in [5.41, 5.74) is 3.56. The number of carboxylic acid groups (broad SMARTS) is 1. The summed E-state index contributed by atoms with van der Waals surface area (Å²) in [7, 11) is 0. The first-order chi connectivity index (χ1) is 22.0. The standard InChI is InChI=1S/C34H34N2O10/c1-5-30(37)43-18-17-42-26-13-9-24(10-14-26)19-21(2)25-11-15-27(16-12-25)44-20-34(23(4)31(38)39)45-32(40)35-28-7-6-8-29(22(28)3)36-33(41)46-34/h5-11,13-16H,1,4,12,17-20H2,2-3H3,(H,35,40)(H,36,41)(H,38,39)/p-1/b25-21-. The van der Waals surface area contributed by atoms with Crippen molar-refractivity contribution < 1.29 is 48.0 Å². The van der Waals surface area contributed by atoms with Crippen molar-refractivity contribution in [2.75, 3.05) is 30.5 Å². The number of fused-ring (bicyclic) bond motifs is 2. The van der Waals surface area contributed by atoms with E-state index in [1.807, 2.05) is 37.3 Å². The predicted octanol–water partition coefficient (Wildman–Crippen LogP) is 4.64. The summed E-state index contributed by atoms with van der Waals surface area (Å²) in [6.45, 7) is 10.1. The van der Waals surface area contributed by atoms with Crippen LogP contribution in [0.1, 0.15) is 24.5 Å². The minimum absolute atomic E-state index is 0.120. The van der Waals surface area contributed by atoms with Crippen molar-refractivity contribution in [3.63, 3.8) is 0 Å². The molecule has 240 valence electrons. The molecule has 0 unspecified atom stereocenters. The molecule has 2 N–H and O–H groups in total. The number of allylic oxidation sites excluding steroid dienone is 5. The third-order valence-corrected chi connectivity index (χ3v) is 7.13. The van der Waals surface area contributed by atoms with Crippen LogP contribution in [0.15, 0.2) is 102 Å². The third kappa shape index (κ3) is 8.44. The number of cyclic esters (lactones) is 2. The lowest BCUT2D eigenvalue weighted by Crippen LogP contribution is -2.52. The van der Waals surface area contributed by atoms with Gasteiger partial charge >= 0.3 is 23.9 Å². The fraction of sp³-hybridized carbons (Fsp3) is 0.235. The lowest BCUT2D eigenvalue weighted by atomic mass is 9.96. The van der Waals surface area contributed by atoms with Gasteiger partial charge in [-0.15, -0.1) is 0 Å². The first kappa shape index (κ1) is 33.1. The Morgan fingerprint density at radius 3 is 2.22 bits per heavy atom. The first-order valence-electron chi connectivity index (χ1n) is 14.2. The number of esters is 1. The van der Waals surface area contributed by atoms with Gasteiger partial charge in [-0.25, -0.2) is 14.4 Å². The molecule has 0 atom stereocenters. The molecule has 2 amide bonds. The summed E-state index contributed by atoms with van der Waals surface area (Å²) < 4.78 is 27.0. The molecule has 0 saturated heterocycles. The second-order valence-electron chi connectivity index (χ2n) is 10.3. The lowest BCUT2D eigenvalue weighted by molar-refractivity contribution is -0.304. The number of carboxylic acids is 1. The molecule has 12 heteroatoms. The zero-order valence-electron chi connectivity index (χ0n) is 25.4. The quantitative estimate of drug-likeness (QED) is 0.192. The first-order valence-corrected chi connectivity index (χ1v) is 14.2. The van der Waals surface area contributed by atoms with Gasteiger partial charge in [0.1, 0.15) is 24.7 Å². The van der Waals surface area contributed by atoms with Crippen molar-refractivity contribution in [2.24, 2.45) is 0 Å². The summed E-state index contributed by atoms with van der Waals surface area (Å²) in [6, 6.07) is 12.3. The van der Waals surface area contributed by atoms with Crippen LogP contribution in [0.4, 0.5) is 21.0 Å². The topological polar surface area (TPSA) is 162 Å². The highest BCUT2D eigenvalue weighted by Gasteiger charge is 2.45. The van der Waals surface area contributed by atoms with Crippen molar-refractivity contribution in [3.05, 3.63) is 114 Å². The minimum atomic E-state index is -2.55. The highest BCUT2D eigenvalue weighted by Crippen LogP contribution is 2.31. The maximum absolute atomic E-state index is 12.8. The number of hydrogen-bond donors (Lipinski definition) is 2. The van der Waals surface area contributed by atoms with Crippen molar-refractivity contribution in [1.82, 2.24) is 0 Å². The zero-order chi connectivity index (χ0) is 33.3. The Hall–Kier alpha value is -5.78. The van der Waals surface area contributed by atoms with Crippen LogP contribution < -0.4 is 20.5 Å². The molecule has 0 radical (unpaired) electrons. The van der Waals surface area contributed by atoms with E-state index in [-0.39, 0.29) is 13.2 Å². The summed E-state index contributed by atoms with van der Waals surface area (Å²) >= 11 is 0. The Kier molecular flexibility index (Phi) is 10.7. The summed E-state index contributed by atoms with van der Waals surface area (Å²) in [4.78, 5) is 48.6. The number of ether oxygens (including phenoxy) is 5. The predicted molar refractivity (Wildman–Crippen MR) is 166 cm³/mol. The van der Waals surface area contributed by atoms with E-state index in [0.29, 0.717) is 41.3 Å². The van der Waals surface area contributed by atoms with Gasteiger partial charge in [0.2, 0.25) is 0 Å². The highest BCUT2D eigenvalue weighted by atomic mass is 16.8. The van der Waals surface area contributed by atoms with Crippen LogP contribution in [-0.4, -0.2) is 49.7 Å². The second kappa shape index (κ2) is 14.8. The maximum Gasteiger partial charge on any atom is 0.415 e. The zero-order valence-corrected chi connectivity index (χ0v) is 25.4. The van der Waals surface area contributed by atoms with Gasteiger partial charge in [-0.3, -0.25) is 10.6 Å². The van der Waals surface area contributed by atoms with Gasteiger partial charge in [-0.05, 0) is 79.8 Å². The minimum Gasteiger partial charge on any atom is -0.545 e. The molecule has 2 aromatic carbocycles. The van der Waals surface area contributed by atoms with Crippen LogP contribution in [0.3, 0.4) is 0 Å². The molecule has 2 aliphatic rings. The average molecular weight is 630 g/mol. The number of aliphatic carboxylic acids is 1. The highest BCUT2D eigenvalue weighted by molar-refractivity contribution is 5.94. The number of benzene rings is 2. The number of nitrogens with one attached hydrogen (secondary N) is 2. The Morgan fingerprint density at radius 1 is 1.00 bits per heavy atom. The van der Waals surface area contributed by atoms with E-state index in [1.165, 1.54) is 0 Å². The molecule has 2 aromatic rings. The van der Waals surface area contributed by atoms with E-state index in [1.54, 1.807) is 37.3 Å². The second-order valence-corrected chi connectivity index (χ2v) is 10.3. The molecule has 1 heterocycles. The fourth-order valence-electron chi connectivity index (χ4n) is 4.54. The van der Waals surface area contributed by atoms with Crippen molar-refractivity contribution in [1.29, 1.82) is 0 Å². The Balaban J connectivity index is 1.40. The van der Waals surface area contributed by atoms with E-state index in [0.717, 1.165) is 22.8 Å².